The van der Waals surface area contributed by atoms with Crippen molar-refractivity contribution in [1.82, 2.24) is 19.4 Å². The normalized spacial score (nSPS) is 13.6. The highest BCUT2D eigenvalue weighted by Gasteiger charge is 2.33. The van der Waals surface area contributed by atoms with Gasteiger partial charge in [0.05, 0.1) is 4.75 Å². The number of rotatable bonds is 4. The molecule has 1 aliphatic rings. The average molecular weight is 433 g/mol. The van der Waals surface area contributed by atoms with Gasteiger partial charge in [-0.1, -0.05) is 0 Å². The lowest BCUT2D eigenvalue weighted by Gasteiger charge is -2.17. The van der Waals surface area contributed by atoms with Gasteiger partial charge >= 0.3 is 5.69 Å². The molecule has 0 unspecified atom stereocenters. The van der Waals surface area contributed by atoms with E-state index in [1.165, 1.54) is 12.1 Å². The number of ether oxygens (including phenoxy) is 2. The van der Waals surface area contributed by atoms with Crippen LogP contribution in [-0.4, -0.2) is 45.3 Å². The average Bonchev–Trinajstić information content (AvgIpc) is 3.25. The number of amides is 1. The molecule has 2 aromatic heterocycles. The van der Waals surface area contributed by atoms with Crippen LogP contribution in [0.15, 0.2) is 40.2 Å². The molecule has 0 saturated heterocycles. The molecule has 1 amide bonds. The summed E-state index contributed by atoms with van der Waals surface area (Å²) in [4.78, 5) is 24.9. The first-order valence-corrected chi connectivity index (χ1v) is 10.5. The summed E-state index contributed by atoms with van der Waals surface area (Å²) in [5.74, 6) is 0.591. The summed E-state index contributed by atoms with van der Waals surface area (Å²) in [6, 6.07) is 7.58. The zero-order valence-electron chi connectivity index (χ0n) is 16.4. The van der Waals surface area contributed by atoms with Crippen LogP contribution in [0.5, 0.6) is 11.5 Å². The van der Waals surface area contributed by atoms with E-state index in [4.69, 9.17) is 9.47 Å². The molecule has 0 fully saturated rings. The van der Waals surface area contributed by atoms with Crippen molar-refractivity contribution in [2.45, 2.75) is 37.1 Å². The smallest absolute Gasteiger partial charge is 0.367 e. The number of hydrogen-bond donors (Lipinski definition) is 1. The van der Waals surface area contributed by atoms with Crippen molar-refractivity contribution in [2.75, 3.05) is 12.1 Å². The first-order valence-electron chi connectivity index (χ1n) is 8.97. The molecule has 4 rings (SSSR count). The topological polar surface area (TPSA) is 134 Å². The summed E-state index contributed by atoms with van der Waals surface area (Å²) in [6.07, 6.45) is 0. The van der Waals surface area contributed by atoms with Gasteiger partial charge < -0.3 is 14.8 Å². The standard InChI is InChI=1S/C18H19N5O6S/c1-18(2,3)30(26,27)16-7-6-14-20-22(17(25)23(14)21-16)9-15(24)19-11-4-5-12-13(8-11)29-10-28-12/h4-8H,9-10H2,1-3H3,(H,19,24). The Morgan fingerprint density at radius 2 is 1.87 bits per heavy atom. The number of carbonyl (C=O) groups is 1. The van der Waals surface area contributed by atoms with Crippen molar-refractivity contribution in [1.29, 1.82) is 0 Å². The Bertz CT molecular complexity index is 1320. The third-order valence-electron chi connectivity index (χ3n) is 4.45. The van der Waals surface area contributed by atoms with Gasteiger partial charge in [0.2, 0.25) is 22.5 Å². The molecule has 1 aromatic carbocycles. The Morgan fingerprint density at radius 1 is 1.13 bits per heavy atom. The van der Waals surface area contributed by atoms with Crippen LogP contribution in [0.3, 0.4) is 0 Å². The molecule has 3 heterocycles. The molecule has 0 spiro atoms. The van der Waals surface area contributed by atoms with E-state index in [1.807, 2.05) is 0 Å². The van der Waals surface area contributed by atoms with Gasteiger partial charge in [-0.15, -0.1) is 10.2 Å². The fourth-order valence-electron chi connectivity index (χ4n) is 2.76. The van der Waals surface area contributed by atoms with Crippen molar-refractivity contribution in [3.8, 4) is 11.5 Å². The second kappa shape index (κ2) is 6.83. The second-order valence-electron chi connectivity index (χ2n) is 7.61. The highest BCUT2D eigenvalue weighted by molar-refractivity contribution is 7.92. The largest absolute Gasteiger partial charge is 0.454 e. The van der Waals surface area contributed by atoms with Crippen LogP contribution in [0.25, 0.3) is 5.65 Å². The number of nitrogens with zero attached hydrogens (tertiary/aromatic N) is 4. The number of nitrogens with one attached hydrogen (secondary N) is 1. The van der Waals surface area contributed by atoms with E-state index in [0.29, 0.717) is 17.2 Å². The lowest BCUT2D eigenvalue weighted by Crippen LogP contribution is -2.31. The molecule has 158 valence electrons. The Labute approximate surface area is 171 Å². The third-order valence-corrected chi connectivity index (χ3v) is 6.83. The van der Waals surface area contributed by atoms with Gasteiger partial charge in [-0.25, -0.2) is 17.9 Å². The van der Waals surface area contributed by atoms with Crippen LogP contribution in [0.1, 0.15) is 20.8 Å². The molecule has 0 aliphatic carbocycles. The molecular weight excluding hydrogens is 414 g/mol. The maximum absolute atomic E-state index is 12.6. The molecule has 0 radical (unpaired) electrons. The summed E-state index contributed by atoms with van der Waals surface area (Å²) < 4.78 is 36.3. The van der Waals surface area contributed by atoms with Gasteiger partial charge in [-0.2, -0.15) is 4.52 Å². The highest BCUT2D eigenvalue weighted by atomic mass is 32.2. The number of anilines is 1. The SMILES string of the molecule is CC(C)(C)S(=O)(=O)c1ccc2nn(CC(=O)Nc3ccc4c(c3)OCO4)c(=O)n2n1. The van der Waals surface area contributed by atoms with Gasteiger partial charge in [-0.05, 0) is 45.0 Å². The monoisotopic (exact) mass is 433 g/mol. The van der Waals surface area contributed by atoms with Gasteiger partial charge in [0.25, 0.3) is 0 Å². The zero-order valence-corrected chi connectivity index (χ0v) is 17.3. The van der Waals surface area contributed by atoms with E-state index in [0.717, 1.165) is 9.20 Å². The molecule has 3 aromatic rings. The highest BCUT2D eigenvalue weighted by Crippen LogP contribution is 2.34. The fourth-order valence-corrected chi connectivity index (χ4v) is 3.83. The molecule has 0 bridgehead atoms. The van der Waals surface area contributed by atoms with E-state index < -0.39 is 26.2 Å². The summed E-state index contributed by atoms with van der Waals surface area (Å²) in [7, 11) is -3.75. The summed E-state index contributed by atoms with van der Waals surface area (Å²) in [5.41, 5.74) is -0.127. The Kier molecular flexibility index (Phi) is 4.53. The summed E-state index contributed by atoms with van der Waals surface area (Å²) in [5, 5.41) is 10.4. The lowest BCUT2D eigenvalue weighted by molar-refractivity contribution is -0.117. The Morgan fingerprint density at radius 3 is 2.60 bits per heavy atom. The summed E-state index contributed by atoms with van der Waals surface area (Å²) in [6.45, 7) is 4.36. The van der Waals surface area contributed by atoms with Crippen LogP contribution < -0.4 is 20.5 Å². The molecule has 0 atom stereocenters. The molecule has 1 N–H and O–H groups in total. The molecule has 0 saturated carbocycles. The van der Waals surface area contributed by atoms with Crippen molar-refractivity contribution in [3.63, 3.8) is 0 Å². The Balaban J connectivity index is 1.58. The molecule has 30 heavy (non-hydrogen) atoms. The van der Waals surface area contributed by atoms with Crippen LogP contribution in [0, 0.1) is 0 Å². The third kappa shape index (κ3) is 3.38. The van der Waals surface area contributed by atoms with E-state index in [2.05, 4.69) is 15.5 Å². The first kappa shape index (κ1) is 19.9. The maximum Gasteiger partial charge on any atom is 0.367 e. The van der Waals surface area contributed by atoms with E-state index >= 15 is 0 Å². The lowest BCUT2D eigenvalue weighted by atomic mass is 10.3. The van der Waals surface area contributed by atoms with Crippen LogP contribution in [0.2, 0.25) is 0 Å². The van der Waals surface area contributed by atoms with Crippen molar-refractivity contribution < 1.29 is 22.7 Å². The van der Waals surface area contributed by atoms with Gasteiger partial charge in [0, 0.05) is 11.8 Å². The van der Waals surface area contributed by atoms with Gasteiger partial charge in [0.15, 0.2) is 22.2 Å². The maximum atomic E-state index is 12.6. The molecule has 12 heteroatoms. The number of carbonyl (C=O) groups excluding carboxylic acids is 1. The van der Waals surface area contributed by atoms with E-state index in [1.54, 1.807) is 39.0 Å². The van der Waals surface area contributed by atoms with Crippen LogP contribution >= 0.6 is 0 Å². The van der Waals surface area contributed by atoms with Crippen LogP contribution in [0.4, 0.5) is 5.69 Å². The van der Waals surface area contributed by atoms with Gasteiger partial charge in [-0.3, -0.25) is 4.79 Å². The molecule has 11 nitrogen and oxygen atoms in total. The molecular formula is C18H19N5O6S. The minimum atomic E-state index is -3.75. The van der Waals surface area contributed by atoms with Gasteiger partial charge in [0.1, 0.15) is 6.54 Å². The van der Waals surface area contributed by atoms with Crippen molar-refractivity contribution >= 4 is 27.1 Å². The Hall–Kier alpha value is -3.41. The minimum absolute atomic E-state index is 0.114. The van der Waals surface area contributed by atoms with Crippen LogP contribution in [-0.2, 0) is 21.2 Å². The predicted octanol–water partition coefficient (Wildman–Crippen LogP) is 0.831. The summed E-state index contributed by atoms with van der Waals surface area (Å²) >= 11 is 0. The molecule has 1 aliphatic heterocycles. The zero-order chi connectivity index (χ0) is 21.7. The number of aromatic nitrogens is 4. The second-order valence-corrected chi connectivity index (χ2v) is 10.3. The quantitative estimate of drug-likeness (QED) is 0.639. The van der Waals surface area contributed by atoms with Crippen molar-refractivity contribution in [3.05, 3.63) is 40.8 Å². The number of fused-ring (bicyclic) bond motifs is 2. The first-order chi connectivity index (χ1) is 14.1. The predicted molar refractivity (Wildman–Crippen MR) is 105 cm³/mol. The number of sulfone groups is 1. The fraction of sp³-hybridized carbons (Fsp3) is 0.333. The van der Waals surface area contributed by atoms with E-state index in [9.17, 15) is 18.0 Å². The van der Waals surface area contributed by atoms with Crippen molar-refractivity contribution in [2.24, 2.45) is 0 Å². The number of benzene rings is 1. The van der Waals surface area contributed by atoms with E-state index in [-0.39, 0.29) is 24.0 Å². The number of hydrogen-bond acceptors (Lipinski definition) is 8. The minimum Gasteiger partial charge on any atom is -0.454 e.